The van der Waals surface area contributed by atoms with Gasteiger partial charge in [0, 0.05) is 0 Å². The van der Waals surface area contributed by atoms with Crippen LogP contribution in [-0.2, 0) is 4.84 Å². The SMILES string of the molecule is CCN(CC)CC.CON. The van der Waals surface area contributed by atoms with Gasteiger partial charge in [-0.1, -0.05) is 20.8 Å². The molecule has 0 saturated carbocycles. The molecule has 0 radical (unpaired) electrons. The third kappa shape index (κ3) is 10.8. The summed E-state index contributed by atoms with van der Waals surface area (Å²) in [5, 5.41) is 0. The lowest BCUT2D eigenvalue weighted by Gasteiger charge is -2.13. The van der Waals surface area contributed by atoms with Crippen LogP contribution in [0.15, 0.2) is 0 Å². The largest absolute Gasteiger partial charge is 0.308 e. The number of hydrogen-bond donors (Lipinski definition) is 1. The highest BCUT2D eigenvalue weighted by atomic mass is 16.6. The van der Waals surface area contributed by atoms with Crippen LogP contribution < -0.4 is 5.90 Å². The van der Waals surface area contributed by atoms with Crippen molar-refractivity contribution in [1.82, 2.24) is 4.90 Å². The van der Waals surface area contributed by atoms with Crippen molar-refractivity contribution in [3.8, 4) is 0 Å². The molecule has 0 aliphatic carbocycles. The Labute approximate surface area is 64.1 Å². The topological polar surface area (TPSA) is 38.5 Å². The molecule has 0 aromatic rings. The van der Waals surface area contributed by atoms with Crippen LogP contribution >= 0.6 is 0 Å². The highest BCUT2D eigenvalue weighted by molar-refractivity contribution is 4.43. The van der Waals surface area contributed by atoms with Gasteiger partial charge < -0.3 is 9.74 Å². The lowest BCUT2D eigenvalue weighted by Crippen LogP contribution is -2.21. The van der Waals surface area contributed by atoms with Crippen molar-refractivity contribution in [1.29, 1.82) is 0 Å². The van der Waals surface area contributed by atoms with Gasteiger partial charge in [-0.2, -0.15) is 0 Å². The maximum Gasteiger partial charge on any atom is 0.0569 e. The Hall–Kier alpha value is -0.120. The van der Waals surface area contributed by atoms with Gasteiger partial charge in [0.1, 0.15) is 0 Å². The van der Waals surface area contributed by atoms with Gasteiger partial charge in [0.2, 0.25) is 0 Å². The molecule has 0 fully saturated rings. The van der Waals surface area contributed by atoms with Crippen molar-refractivity contribution >= 4 is 0 Å². The molecule has 0 amide bonds. The molecule has 0 rings (SSSR count). The van der Waals surface area contributed by atoms with Crippen LogP contribution in [0.5, 0.6) is 0 Å². The molecule has 0 heterocycles. The summed E-state index contributed by atoms with van der Waals surface area (Å²) < 4.78 is 0. The van der Waals surface area contributed by atoms with E-state index in [0.29, 0.717) is 0 Å². The Bertz CT molecular complexity index is 41.4. The molecule has 0 saturated heterocycles. The standard InChI is InChI=1S/C6H15N.CH5NO/c1-4-7(5-2)6-3;1-3-2/h4-6H2,1-3H3;2H2,1H3. The number of nitrogens with zero attached hydrogens (tertiary/aromatic N) is 1. The molecule has 0 aromatic heterocycles. The predicted octanol–water partition coefficient (Wildman–Crippen LogP) is 0.855. The fourth-order valence-corrected chi connectivity index (χ4v) is 0.671. The van der Waals surface area contributed by atoms with Crippen LogP contribution in [0.2, 0.25) is 0 Å². The summed E-state index contributed by atoms with van der Waals surface area (Å²) in [6.45, 7) is 10.1. The first-order valence-electron chi connectivity index (χ1n) is 3.71. The van der Waals surface area contributed by atoms with Crippen molar-refractivity contribution in [2.24, 2.45) is 5.90 Å². The van der Waals surface area contributed by atoms with Crippen molar-refractivity contribution in [3.05, 3.63) is 0 Å². The van der Waals surface area contributed by atoms with Crippen LogP contribution in [-0.4, -0.2) is 31.6 Å². The molecule has 3 nitrogen and oxygen atoms in total. The second kappa shape index (κ2) is 11.6. The lowest BCUT2D eigenvalue weighted by molar-refractivity contribution is 0.206. The van der Waals surface area contributed by atoms with Gasteiger partial charge in [-0.25, -0.2) is 5.90 Å². The number of hydrogen-bond acceptors (Lipinski definition) is 3. The van der Waals surface area contributed by atoms with Crippen molar-refractivity contribution in [2.45, 2.75) is 20.8 Å². The minimum atomic E-state index is 1.19. The monoisotopic (exact) mass is 148 g/mol. The zero-order valence-electron chi connectivity index (χ0n) is 7.55. The minimum Gasteiger partial charge on any atom is -0.308 e. The molecule has 0 spiro atoms. The van der Waals surface area contributed by atoms with Gasteiger partial charge in [-0.15, -0.1) is 0 Å². The van der Waals surface area contributed by atoms with Crippen LogP contribution in [0.4, 0.5) is 0 Å². The van der Waals surface area contributed by atoms with Crippen LogP contribution in [0.3, 0.4) is 0 Å². The molecule has 0 aromatic carbocycles. The average Bonchev–Trinajstić information content (AvgIpc) is 1.93. The third-order valence-corrected chi connectivity index (χ3v) is 1.34. The summed E-state index contributed by atoms with van der Waals surface area (Å²) in [5.74, 6) is 4.35. The number of nitrogens with two attached hydrogens (primary N) is 1. The Morgan fingerprint density at radius 1 is 1.10 bits per heavy atom. The van der Waals surface area contributed by atoms with Crippen LogP contribution in [0, 0.1) is 0 Å². The Kier molecular flexibility index (Phi) is 14.6. The fraction of sp³-hybridized carbons (Fsp3) is 1.00. The van der Waals surface area contributed by atoms with E-state index in [0.717, 1.165) is 0 Å². The first-order valence-corrected chi connectivity index (χ1v) is 3.71. The second-order valence-electron chi connectivity index (χ2n) is 1.86. The Morgan fingerprint density at radius 2 is 1.30 bits per heavy atom. The van der Waals surface area contributed by atoms with Crippen molar-refractivity contribution in [2.75, 3.05) is 26.7 Å². The molecule has 0 aliphatic rings. The quantitative estimate of drug-likeness (QED) is 0.603. The van der Waals surface area contributed by atoms with E-state index in [2.05, 4.69) is 36.4 Å². The average molecular weight is 148 g/mol. The first-order chi connectivity index (χ1) is 4.76. The second-order valence-corrected chi connectivity index (χ2v) is 1.86. The molecule has 10 heavy (non-hydrogen) atoms. The van der Waals surface area contributed by atoms with Crippen molar-refractivity contribution < 1.29 is 4.84 Å². The molecule has 2 N–H and O–H groups in total. The molecule has 64 valence electrons. The van der Waals surface area contributed by atoms with Crippen LogP contribution in [0.1, 0.15) is 20.8 Å². The number of rotatable bonds is 3. The van der Waals surface area contributed by atoms with Gasteiger partial charge >= 0.3 is 0 Å². The van der Waals surface area contributed by atoms with E-state index >= 15 is 0 Å². The van der Waals surface area contributed by atoms with Gasteiger partial charge in [0.05, 0.1) is 7.11 Å². The highest BCUT2D eigenvalue weighted by Gasteiger charge is 1.89. The van der Waals surface area contributed by atoms with E-state index in [1.54, 1.807) is 0 Å². The maximum atomic E-state index is 4.35. The van der Waals surface area contributed by atoms with Gasteiger partial charge in [-0.3, -0.25) is 0 Å². The molecule has 0 atom stereocenters. The van der Waals surface area contributed by atoms with E-state index in [1.165, 1.54) is 26.7 Å². The van der Waals surface area contributed by atoms with Crippen LogP contribution in [0.25, 0.3) is 0 Å². The zero-order chi connectivity index (χ0) is 8.41. The van der Waals surface area contributed by atoms with Gasteiger partial charge in [0.25, 0.3) is 0 Å². The zero-order valence-corrected chi connectivity index (χ0v) is 7.55. The van der Waals surface area contributed by atoms with Gasteiger partial charge in [-0.05, 0) is 19.6 Å². The summed E-state index contributed by atoms with van der Waals surface area (Å²) in [6.07, 6.45) is 0. The molecule has 0 unspecified atom stereocenters. The van der Waals surface area contributed by atoms with Crippen molar-refractivity contribution in [3.63, 3.8) is 0 Å². The first kappa shape index (κ1) is 12.5. The normalized spacial score (nSPS) is 9.00. The summed E-state index contributed by atoms with van der Waals surface area (Å²) in [4.78, 5) is 6.12. The lowest BCUT2D eigenvalue weighted by atomic mass is 10.5. The van der Waals surface area contributed by atoms with E-state index < -0.39 is 0 Å². The molecule has 3 heteroatoms. The Morgan fingerprint density at radius 3 is 1.30 bits per heavy atom. The summed E-state index contributed by atoms with van der Waals surface area (Å²) >= 11 is 0. The van der Waals surface area contributed by atoms with E-state index in [9.17, 15) is 0 Å². The predicted molar refractivity (Wildman–Crippen MR) is 44.7 cm³/mol. The van der Waals surface area contributed by atoms with E-state index in [-0.39, 0.29) is 0 Å². The van der Waals surface area contributed by atoms with Gasteiger partial charge in [0.15, 0.2) is 0 Å². The van der Waals surface area contributed by atoms with E-state index in [4.69, 9.17) is 0 Å². The fourth-order valence-electron chi connectivity index (χ4n) is 0.671. The smallest absolute Gasteiger partial charge is 0.0569 e. The summed E-state index contributed by atoms with van der Waals surface area (Å²) in [6, 6.07) is 0. The summed E-state index contributed by atoms with van der Waals surface area (Å²) in [7, 11) is 1.40. The third-order valence-electron chi connectivity index (χ3n) is 1.34. The Balaban J connectivity index is 0. The highest BCUT2D eigenvalue weighted by Crippen LogP contribution is 1.81. The molecular weight excluding hydrogens is 128 g/mol. The summed E-state index contributed by atoms with van der Waals surface area (Å²) in [5.41, 5.74) is 0. The molecular formula is C7H20N2O. The minimum absolute atomic E-state index is 1.19. The van der Waals surface area contributed by atoms with E-state index in [1.807, 2.05) is 0 Å². The maximum absolute atomic E-state index is 4.35. The molecule has 0 aliphatic heterocycles. The molecule has 0 bridgehead atoms.